The Labute approximate surface area is 141 Å². The summed E-state index contributed by atoms with van der Waals surface area (Å²) >= 11 is 0. The number of carbonyl (C=O) groups excluding carboxylic acids is 1. The Kier molecular flexibility index (Phi) is 4.87. The number of amides is 1. The van der Waals surface area contributed by atoms with Gasteiger partial charge in [0.25, 0.3) is 0 Å². The van der Waals surface area contributed by atoms with Crippen molar-refractivity contribution < 1.29 is 9.32 Å². The van der Waals surface area contributed by atoms with E-state index in [1.807, 2.05) is 31.7 Å². The van der Waals surface area contributed by atoms with Crippen molar-refractivity contribution in [3.8, 4) is 0 Å². The third kappa shape index (κ3) is 3.60. The summed E-state index contributed by atoms with van der Waals surface area (Å²) in [7, 11) is 0. The van der Waals surface area contributed by atoms with Gasteiger partial charge in [-0.3, -0.25) is 4.79 Å². The third-order valence-electron chi connectivity index (χ3n) is 4.27. The zero-order chi connectivity index (χ0) is 17.1. The van der Waals surface area contributed by atoms with Gasteiger partial charge in [-0.1, -0.05) is 19.0 Å². The molecule has 1 atom stereocenters. The predicted molar refractivity (Wildman–Crippen MR) is 87.2 cm³/mol. The van der Waals surface area contributed by atoms with Gasteiger partial charge in [-0.05, 0) is 25.8 Å². The number of aromatic nitrogens is 4. The fourth-order valence-corrected chi connectivity index (χ4v) is 2.99. The van der Waals surface area contributed by atoms with E-state index < -0.39 is 0 Å². The maximum atomic E-state index is 12.6. The van der Waals surface area contributed by atoms with Gasteiger partial charge >= 0.3 is 0 Å². The average Bonchev–Trinajstić information content (AvgIpc) is 3.22. The van der Waals surface area contributed by atoms with Gasteiger partial charge in [0.2, 0.25) is 11.8 Å². The lowest BCUT2D eigenvalue weighted by Gasteiger charge is -2.24. The molecule has 1 amide bonds. The summed E-state index contributed by atoms with van der Waals surface area (Å²) in [5.41, 5.74) is 0.924. The molecule has 128 valence electrons. The normalized spacial score (nSPS) is 17.7. The van der Waals surface area contributed by atoms with E-state index in [1.165, 1.54) is 0 Å². The molecule has 0 N–H and O–H groups in total. The number of carbonyl (C=O) groups is 1. The first kappa shape index (κ1) is 16.5. The van der Waals surface area contributed by atoms with E-state index in [0.717, 1.165) is 30.9 Å². The van der Waals surface area contributed by atoms with Crippen LogP contribution < -0.4 is 0 Å². The zero-order valence-corrected chi connectivity index (χ0v) is 14.4. The van der Waals surface area contributed by atoms with Crippen LogP contribution in [-0.2, 0) is 11.2 Å². The number of likely N-dealkylation sites (tertiary alicyclic amines) is 1. The highest BCUT2D eigenvalue weighted by Gasteiger charge is 2.31. The summed E-state index contributed by atoms with van der Waals surface area (Å²) in [6, 6.07) is 1.95. The van der Waals surface area contributed by atoms with Crippen LogP contribution >= 0.6 is 0 Å². The molecular weight excluding hydrogens is 306 g/mol. The van der Waals surface area contributed by atoms with Crippen molar-refractivity contribution in [3.05, 3.63) is 35.5 Å². The molecule has 3 rings (SSSR count). The molecule has 0 spiro atoms. The van der Waals surface area contributed by atoms with Crippen molar-refractivity contribution in [2.24, 2.45) is 0 Å². The minimum absolute atomic E-state index is 0.0492. The standard InChI is InChI=1S/C17H23N5O2/c1-11(2)17-20-15(24-21-17)6-7-16(23)22-10-4-5-14(22)13-8-9-18-12(3)19-13/h8-9,11,14H,4-7,10H2,1-3H3/t14-/m1/s1. The maximum absolute atomic E-state index is 12.6. The number of rotatable bonds is 5. The van der Waals surface area contributed by atoms with Gasteiger partial charge in [0.15, 0.2) is 5.82 Å². The molecular formula is C17H23N5O2. The van der Waals surface area contributed by atoms with Gasteiger partial charge in [0.05, 0.1) is 11.7 Å². The fourth-order valence-electron chi connectivity index (χ4n) is 2.99. The highest BCUT2D eigenvalue weighted by atomic mass is 16.5. The largest absolute Gasteiger partial charge is 0.339 e. The van der Waals surface area contributed by atoms with E-state index in [-0.39, 0.29) is 17.9 Å². The summed E-state index contributed by atoms with van der Waals surface area (Å²) in [4.78, 5) is 27.5. The molecule has 2 aromatic rings. The second-order valence-corrected chi connectivity index (χ2v) is 6.47. The van der Waals surface area contributed by atoms with Crippen LogP contribution in [-0.4, -0.2) is 37.5 Å². The first-order valence-electron chi connectivity index (χ1n) is 8.46. The Morgan fingerprint density at radius 1 is 1.42 bits per heavy atom. The highest BCUT2D eigenvalue weighted by Crippen LogP contribution is 2.31. The van der Waals surface area contributed by atoms with Crippen molar-refractivity contribution in [2.45, 2.75) is 58.4 Å². The summed E-state index contributed by atoms with van der Waals surface area (Å²) in [6.45, 7) is 6.66. The molecule has 0 bridgehead atoms. The van der Waals surface area contributed by atoms with Gasteiger partial charge in [-0.2, -0.15) is 4.98 Å². The van der Waals surface area contributed by atoms with E-state index in [1.54, 1.807) is 6.20 Å². The first-order chi connectivity index (χ1) is 11.5. The molecule has 1 aliphatic rings. The Morgan fingerprint density at radius 2 is 2.25 bits per heavy atom. The molecule has 0 aliphatic carbocycles. The molecule has 0 aromatic carbocycles. The topological polar surface area (TPSA) is 85.0 Å². The van der Waals surface area contributed by atoms with Gasteiger partial charge < -0.3 is 9.42 Å². The second kappa shape index (κ2) is 7.07. The number of hydrogen-bond acceptors (Lipinski definition) is 6. The molecule has 24 heavy (non-hydrogen) atoms. The van der Waals surface area contributed by atoms with Gasteiger partial charge in [0.1, 0.15) is 5.82 Å². The Hall–Kier alpha value is -2.31. The first-order valence-corrected chi connectivity index (χ1v) is 8.46. The van der Waals surface area contributed by atoms with E-state index in [0.29, 0.717) is 24.6 Å². The third-order valence-corrected chi connectivity index (χ3v) is 4.27. The molecule has 0 saturated carbocycles. The minimum atomic E-state index is 0.0492. The van der Waals surface area contributed by atoms with Crippen LogP contribution in [0.25, 0.3) is 0 Å². The van der Waals surface area contributed by atoms with Crippen molar-refractivity contribution >= 4 is 5.91 Å². The Morgan fingerprint density at radius 3 is 2.96 bits per heavy atom. The summed E-state index contributed by atoms with van der Waals surface area (Å²) in [6.07, 6.45) is 4.55. The van der Waals surface area contributed by atoms with Crippen LogP contribution in [0.3, 0.4) is 0 Å². The summed E-state index contributed by atoms with van der Waals surface area (Å²) in [5, 5.41) is 3.94. The molecule has 7 nitrogen and oxygen atoms in total. The quantitative estimate of drug-likeness (QED) is 0.838. The molecule has 1 saturated heterocycles. The van der Waals surface area contributed by atoms with Crippen LogP contribution in [0.2, 0.25) is 0 Å². The van der Waals surface area contributed by atoms with Crippen LogP contribution in [0.1, 0.15) is 68.3 Å². The van der Waals surface area contributed by atoms with Gasteiger partial charge in [0, 0.05) is 31.5 Å². The highest BCUT2D eigenvalue weighted by molar-refractivity contribution is 5.77. The minimum Gasteiger partial charge on any atom is -0.339 e. The van der Waals surface area contributed by atoms with Crippen LogP contribution in [0, 0.1) is 6.92 Å². The van der Waals surface area contributed by atoms with Gasteiger partial charge in [-0.15, -0.1) is 0 Å². The van der Waals surface area contributed by atoms with Crippen LogP contribution in [0.4, 0.5) is 0 Å². The molecule has 2 aromatic heterocycles. The Bertz CT molecular complexity index is 713. The molecule has 1 fully saturated rings. The summed E-state index contributed by atoms with van der Waals surface area (Å²) < 4.78 is 5.21. The zero-order valence-electron chi connectivity index (χ0n) is 14.4. The van der Waals surface area contributed by atoms with Crippen LogP contribution in [0.15, 0.2) is 16.8 Å². The van der Waals surface area contributed by atoms with E-state index >= 15 is 0 Å². The second-order valence-electron chi connectivity index (χ2n) is 6.47. The van der Waals surface area contributed by atoms with Crippen molar-refractivity contribution in [1.29, 1.82) is 0 Å². The molecule has 0 radical (unpaired) electrons. The maximum Gasteiger partial charge on any atom is 0.227 e. The predicted octanol–water partition coefficient (Wildman–Crippen LogP) is 2.59. The lowest BCUT2D eigenvalue weighted by molar-refractivity contribution is -0.132. The van der Waals surface area contributed by atoms with E-state index in [2.05, 4.69) is 20.1 Å². The molecule has 7 heteroatoms. The fraction of sp³-hybridized carbons (Fsp3) is 0.588. The SMILES string of the molecule is Cc1nccc([C@H]2CCCN2C(=O)CCc2nc(C(C)C)no2)n1. The van der Waals surface area contributed by atoms with Crippen molar-refractivity contribution in [2.75, 3.05) is 6.54 Å². The Balaban J connectivity index is 1.63. The van der Waals surface area contributed by atoms with Gasteiger partial charge in [-0.25, -0.2) is 9.97 Å². The van der Waals surface area contributed by atoms with Crippen LogP contribution in [0.5, 0.6) is 0 Å². The number of nitrogens with zero attached hydrogens (tertiary/aromatic N) is 5. The lowest BCUT2D eigenvalue weighted by Crippen LogP contribution is -2.31. The molecule has 0 unspecified atom stereocenters. The molecule has 1 aliphatic heterocycles. The molecule has 3 heterocycles. The monoisotopic (exact) mass is 329 g/mol. The van der Waals surface area contributed by atoms with Crippen molar-refractivity contribution in [3.63, 3.8) is 0 Å². The van der Waals surface area contributed by atoms with E-state index in [9.17, 15) is 4.79 Å². The summed E-state index contributed by atoms with van der Waals surface area (Å²) in [5.74, 6) is 2.28. The van der Waals surface area contributed by atoms with E-state index in [4.69, 9.17) is 4.52 Å². The smallest absolute Gasteiger partial charge is 0.227 e. The average molecular weight is 329 g/mol. The number of aryl methyl sites for hydroxylation is 2. The number of hydrogen-bond donors (Lipinski definition) is 0. The lowest BCUT2D eigenvalue weighted by atomic mass is 10.1. The van der Waals surface area contributed by atoms with Crippen molar-refractivity contribution in [1.82, 2.24) is 25.0 Å².